The van der Waals surface area contributed by atoms with E-state index in [9.17, 15) is 9.59 Å². The predicted octanol–water partition coefficient (Wildman–Crippen LogP) is 3.04. The lowest BCUT2D eigenvalue weighted by atomic mass is 10.1. The van der Waals surface area contributed by atoms with E-state index in [-0.39, 0.29) is 17.2 Å². The van der Waals surface area contributed by atoms with Crippen LogP contribution in [-0.4, -0.2) is 41.1 Å². The Bertz CT molecular complexity index is 991. The van der Waals surface area contributed by atoms with Gasteiger partial charge in [0, 0.05) is 37.8 Å². The van der Waals surface area contributed by atoms with Gasteiger partial charge < -0.3 is 9.80 Å². The number of nitrogens with one attached hydrogen (secondary N) is 1. The summed E-state index contributed by atoms with van der Waals surface area (Å²) in [4.78, 5) is 28.7. The van der Waals surface area contributed by atoms with Crippen LogP contribution in [0.1, 0.15) is 29.9 Å². The number of carbonyl (C=O) groups excluding carboxylic acids is 1. The first-order valence-corrected chi connectivity index (χ1v) is 9.12. The molecule has 6 nitrogen and oxygen atoms in total. The maximum atomic E-state index is 12.9. The van der Waals surface area contributed by atoms with E-state index in [1.807, 2.05) is 12.1 Å². The topological polar surface area (TPSA) is 69.3 Å². The van der Waals surface area contributed by atoms with Crippen molar-refractivity contribution in [3.63, 3.8) is 0 Å². The molecule has 3 rings (SSSR count). The zero-order valence-corrected chi connectivity index (χ0v) is 15.9. The molecule has 1 aromatic heterocycles. The molecule has 3 aromatic rings. The van der Waals surface area contributed by atoms with Crippen LogP contribution in [0.5, 0.6) is 0 Å². The maximum absolute atomic E-state index is 12.9. The summed E-state index contributed by atoms with van der Waals surface area (Å²) in [7, 11) is 1.74. The predicted molar refractivity (Wildman–Crippen MR) is 108 cm³/mol. The lowest BCUT2D eigenvalue weighted by Gasteiger charge is -2.22. The summed E-state index contributed by atoms with van der Waals surface area (Å²) >= 11 is 0. The Kier molecular flexibility index (Phi) is 5.54. The zero-order valence-electron chi connectivity index (χ0n) is 15.9. The van der Waals surface area contributed by atoms with E-state index >= 15 is 0 Å². The smallest absolute Gasteiger partial charge is 0.274 e. The van der Waals surface area contributed by atoms with Gasteiger partial charge in [0.05, 0.1) is 5.39 Å². The van der Waals surface area contributed by atoms with Gasteiger partial charge in [-0.2, -0.15) is 5.10 Å². The summed E-state index contributed by atoms with van der Waals surface area (Å²) in [6.45, 7) is 6.64. The fraction of sp³-hybridized carbons (Fsp3) is 0.286. The number of carbonyl (C=O) groups is 1. The highest BCUT2D eigenvalue weighted by atomic mass is 16.2. The number of fused-ring (bicyclic) bond motifs is 1. The molecule has 0 aliphatic heterocycles. The van der Waals surface area contributed by atoms with Gasteiger partial charge in [-0.3, -0.25) is 9.59 Å². The molecular weight excluding hydrogens is 340 g/mol. The Hall–Kier alpha value is -3.15. The SMILES string of the molecule is CCN(CC)c1ccc(CN(C)C(=O)c2n[nH]c(=O)c3ccccc23)cc1. The molecule has 0 spiro atoms. The van der Waals surface area contributed by atoms with Crippen molar-refractivity contribution < 1.29 is 4.79 Å². The first-order valence-electron chi connectivity index (χ1n) is 9.12. The number of aromatic amines is 1. The highest BCUT2D eigenvalue weighted by Gasteiger charge is 2.18. The molecule has 1 heterocycles. The largest absolute Gasteiger partial charge is 0.372 e. The molecule has 0 saturated heterocycles. The molecule has 0 aliphatic carbocycles. The lowest BCUT2D eigenvalue weighted by molar-refractivity contribution is 0.0780. The molecule has 1 N–H and O–H groups in total. The fourth-order valence-corrected chi connectivity index (χ4v) is 3.21. The first-order chi connectivity index (χ1) is 13.0. The number of anilines is 1. The molecule has 0 fully saturated rings. The van der Waals surface area contributed by atoms with Crippen LogP contribution in [0.4, 0.5) is 5.69 Å². The van der Waals surface area contributed by atoms with Gasteiger partial charge in [0.15, 0.2) is 5.69 Å². The van der Waals surface area contributed by atoms with Crippen LogP contribution in [0.25, 0.3) is 10.8 Å². The number of benzene rings is 2. The molecule has 0 saturated carbocycles. The van der Waals surface area contributed by atoms with Crippen LogP contribution < -0.4 is 10.5 Å². The Morgan fingerprint density at radius 3 is 2.26 bits per heavy atom. The van der Waals surface area contributed by atoms with Crippen LogP contribution >= 0.6 is 0 Å². The van der Waals surface area contributed by atoms with E-state index in [4.69, 9.17) is 0 Å². The summed E-state index contributed by atoms with van der Waals surface area (Å²) in [6, 6.07) is 15.2. The second-order valence-corrected chi connectivity index (χ2v) is 6.45. The number of amides is 1. The zero-order chi connectivity index (χ0) is 19.4. The molecule has 2 aromatic carbocycles. The molecule has 27 heavy (non-hydrogen) atoms. The van der Waals surface area contributed by atoms with E-state index in [1.165, 1.54) is 5.69 Å². The normalized spacial score (nSPS) is 10.8. The van der Waals surface area contributed by atoms with Gasteiger partial charge in [0.1, 0.15) is 0 Å². The number of H-pyrrole nitrogens is 1. The second-order valence-electron chi connectivity index (χ2n) is 6.45. The third-order valence-corrected chi connectivity index (χ3v) is 4.73. The molecule has 6 heteroatoms. The van der Waals surface area contributed by atoms with E-state index in [2.05, 4.69) is 41.1 Å². The standard InChI is InChI=1S/C21H24N4O2/c1-4-25(5-2)16-12-10-15(11-13-16)14-24(3)21(27)19-17-8-6-7-9-18(17)20(26)23-22-19/h6-13H,4-5,14H2,1-3H3,(H,23,26). The van der Waals surface area contributed by atoms with E-state index in [0.717, 1.165) is 18.7 Å². The third-order valence-electron chi connectivity index (χ3n) is 4.73. The third kappa shape index (κ3) is 3.84. The molecule has 140 valence electrons. The van der Waals surface area contributed by atoms with Crippen LogP contribution in [-0.2, 0) is 6.54 Å². The minimum atomic E-state index is -0.295. The highest BCUT2D eigenvalue weighted by Crippen LogP contribution is 2.18. The summed E-state index contributed by atoms with van der Waals surface area (Å²) in [5.74, 6) is -0.227. The second kappa shape index (κ2) is 8.03. The van der Waals surface area contributed by atoms with Crippen LogP contribution in [0.2, 0.25) is 0 Å². The molecule has 0 radical (unpaired) electrons. The van der Waals surface area contributed by atoms with Gasteiger partial charge >= 0.3 is 0 Å². The molecule has 0 bridgehead atoms. The molecular formula is C21H24N4O2. The Balaban J connectivity index is 1.81. The van der Waals surface area contributed by atoms with Crippen molar-refractivity contribution in [1.29, 1.82) is 0 Å². The Morgan fingerprint density at radius 1 is 1.00 bits per heavy atom. The lowest BCUT2D eigenvalue weighted by Crippen LogP contribution is -2.28. The van der Waals surface area contributed by atoms with Crippen molar-refractivity contribution in [3.05, 3.63) is 70.1 Å². The van der Waals surface area contributed by atoms with Crippen LogP contribution in [0.15, 0.2) is 53.3 Å². The van der Waals surface area contributed by atoms with E-state index in [1.54, 1.807) is 36.2 Å². The van der Waals surface area contributed by atoms with Crippen molar-refractivity contribution >= 4 is 22.4 Å². The summed E-state index contributed by atoms with van der Waals surface area (Å²) in [6.07, 6.45) is 0. The number of rotatable bonds is 6. The van der Waals surface area contributed by atoms with E-state index < -0.39 is 0 Å². The monoisotopic (exact) mass is 364 g/mol. The fourth-order valence-electron chi connectivity index (χ4n) is 3.21. The minimum absolute atomic E-state index is 0.227. The number of nitrogens with zero attached hydrogens (tertiary/aromatic N) is 3. The average Bonchev–Trinajstić information content (AvgIpc) is 2.70. The Labute approximate surface area is 158 Å². The van der Waals surface area contributed by atoms with Crippen molar-refractivity contribution in [2.45, 2.75) is 20.4 Å². The van der Waals surface area contributed by atoms with Crippen LogP contribution in [0, 0.1) is 0 Å². The molecule has 0 aliphatic rings. The van der Waals surface area contributed by atoms with E-state index in [0.29, 0.717) is 17.3 Å². The van der Waals surface area contributed by atoms with Crippen molar-refractivity contribution in [3.8, 4) is 0 Å². The van der Waals surface area contributed by atoms with Gasteiger partial charge in [0.2, 0.25) is 0 Å². The molecule has 0 atom stereocenters. The highest BCUT2D eigenvalue weighted by molar-refractivity contribution is 6.04. The van der Waals surface area contributed by atoms with Crippen molar-refractivity contribution in [2.24, 2.45) is 0 Å². The first kappa shape index (κ1) is 18.6. The van der Waals surface area contributed by atoms with Gasteiger partial charge in [-0.25, -0.2) is 5.10 Å². The number of aromatic nitrogens is 2. The van der Waals surface area contributed by atoms with Gasteiger partial charge in [-0.1, -0.05) is 30.3 Å². The van der Waals surface area contributed by atoms with Gasteiger partial charge in [-0.05, 0) is 37.6 Å². The molecule has 0 unspecified atom stereocenters. The maximum Gasteiger partial charge on any atom is 0.274 e. The molecule has 1 amide bonds. The average molecular weight is 364 g/mol. The summed E-state index contributed by atoms with van der Waals surface area (Å²) < 4.78 is 0. The number of hydrogen-bond acceptors (Lipinski definition) is 4. The van der Waals surface area contributed by atoms with Crippen molar-refractivity contribution in [1.82, 2.24) is 15.1 Å². The quantitative estimate of drug-likeness (QED) is 0.730. The van der Waals surface area contributed by atoms with Crippen LogP contribution in [0.3, 0.4) is 0 Å². The van der Waals surface area contributed by atoms with Gasteiger partial charge in [-0.15, -0.1) is 0 Å². The van der Waals surface area contributed by atoms with Gasteiger partial charge in [0.25, 0.3) is 11.5 Å². The summed E-state index contributed by atoms with van der Waals surface area (Å²) in [5.41, 5.74) is 2.17. The van der Waals surface area contributed by atoms with Crippen molar-refractivity contribution in [2.75, 3.05) is 25.0 Å². The number of hydrogen-bond donors (Lipinski definition) is 1. The Morgan fingerprint density at radius 2 is 1.63 bits per heavy atom. The minimum Gasteiger partial charge on any atom is -0.372 e. The summed E-state index contributed by atoms with van der Waals surface area (Å²) in [5, 5.41) is 7.44.